The Bertz CT molecular complexity index is 460. The van der Waals surface area contributed by atoms with Crippen LogP contribution in [0.1, 0.15) is 26.2 Å². The highest BCUT2D eigenvalue weighted by Crippen LogP contribution is 2.21. The second-order valence-corrected chi connectivity index (χ2v) is 7.69. The summed E-state index contributed by atoms with van der Waals surface area (Å²) in [5.41, 5.74) is 5.55. The van der Waals surface area contributed by atoms with E-state index in [1.54, 1.807) is 4.90 Å². The first-order valence-electron chi connectivity index (χ1n) is 7.60. The Hall–Kier alpha value is -0.700. The van der Waals surface area contributed by atoms with Crippen molar-refractivity contribution in [2.24, 2.45) is 5.73 Å². The van der Waals surface area contributed by atoms with Crippen LogP contribution in [-0.2, 0) is 19.6 Å². The Morgan fingerprint density at radius 1 is 1.24 bits per heavy atom. The second kappa shape index (κ2) is 7.04. The van der Waals surface area contributed by atoms with Crippen molar-refractivity contribution < 1.29 is 17.9 Å². The molecule has 2 heterocycles. The minimum Gasteiger partial charge on any atom is -0.364 e. The van der Waals surface area contributed by atoms with Crippen molar-refractivity contribution in [2.75, 3.05) is 38.5 Å². The number of amides is 1. The fourth-order valence-corrected chi connectivity index (χ4v) is 4.33. The first-order chi connectivity index (χ1) is 9.97. The third-order valence-corrected chi connectivity index (χ3v) is 6.13. The molecular weight excluding hydrogens is 294 g/mol. The van der Waals surface area contributed by atoms with Gasteiger partial charge in [-0.2, -0.15) is 4.31 Å². The molecule has 2 rings (SSSR count). The Labute approximate surface area is 126 Å². The molecule has 21 heavy (non-hydrogen) atoms. The van der Waals surface area contributed by atoms with Gasteiger partial charge in [0.1, 0.15) is 6.10 Å². The van der Waals surface area contributed by atoms with E-state index in [9.17, 15) is 13.2 Å². The largest absolute Gasteiger partial charge is 0.364 e. The number of ether oxygens (including phenoxy) is 1. The van der Waals surface area contributed by atoms with Gasteiger partial charge in [0.05, 0.1) is 11.9 Å². The summed E-state index contributed by atoms with van der Waals surface area (Å²) in [6.45, 7) is 3.92. The van der Waals surface area contributed by atoms with Gasteiger partial charge in [-0.3, -0.25) is 4.79 Å². The van der Waals surface area contributed by atoms with E-state index in [1.807, 2.05) is 6.92 Å². The molecule has 0 aliphatic carbocycles. The van der Waals surface area contributed by atoms with E-state index < -0.39 is 16.1 Å². The Morgan fingerprint density at radius 2 is 1.90 bits per heavy atom. The summed E-state index contributed by atoms with van der Waals surface area (Å²) in [6, 6.07) is 0. The van der Waals surface area contributed by atoms with Crippen LogP contribution in [0.5, 0.6) is 0 Å². The van der Waals surface area contributed by atoms with Crippen molar-refractivity contribution in [2.45, 2.75) is 38.4 Å². The lowest BCUT2D eigenvalue weighted by atomic mass is 10.1. The number of piperazine rings is 1. The summed E-state index contributed by atoms with van der Waals surface area (Å²) in [6.07, 6.45) is 1.70. The van der Waals surface area contributed by atoms with Crippen LogP contribution in [0.3, 0.4) is 0 Å². The highest BCUT2D eigenvalue weighted by atomic mass is 32.2. The van der Waals surface area contributed by atoms with Crippen molar-refractivity contribution in [3.05, 3.63) is 0 Å². The molecule has 0 aromatic heterocycles. The van der Waals surface area contributed by atoms with Crippen LogP contribution in [0, 0.1) is 0 Å². The fourth-order valence-electron chi connectivity index (χ4n) is 2.84. The molecule has 0 saturated carbocycles. The maximum Gasteiger partial charge on any atom is 0.251 e. The molecule has 0 bridgehead atoms. The van der Waals surface area contributed by atoms with Crippen molar-refractivity contribution in [1.82, 2.24) is 9.21 Å². The number of hydrogen-bond acceptors (Lipinski definition) is 5. The van der Waals surface area contributed by atoms with E-state index >= 15 is 0 Å². The summed E-state index contributed by atoms with van der Waals surface area (Å²) in [5, 5.41) is 0. The van der Waals surface area contributed by atoms with E-state index in [4.69, 9.17) is 10.5 Å². The van der Waals surface area contributed by atoms with Gasteiger partial charge >= 0.3 is 0 Å². The van der Waals surface area contributed by atoms with Crippen LogP contribution in [0.15, 0.2) is 0 Å². The van der Waals surface area contributed by atoms with Gasteiger partial charge in [-0.15, -0.1) is 0 Å². The molecule has 2 unspecified atom stereocenters. The molecule has 2 N–H and O–H groups in total. The predicted octanol–water partition coefficient (Wildman–Crippen LogP) is -0.623. The van der Waals surface area contributed by atoms with Crippen LogP contribution in [0.4, 0.5) is 0 Å². The molecule has 2 aliphatic rings. The zero-order chi connectivity index (χ0) is 15.5. The van der Waals surface area contributed by atoms with E-state index in [2.05, 4.69) is 0 Å². The van der Waals surface area contributed by atoms with E-state index in [-0.39, 0.29) is 17.8 Å². The number of carbonyl (C=O) groups excluding carboxylic acids is 1. The van der Waals surface area contributed by atoms with Gasteiger partial charge in [-0.05, 0) is 19.3 Å². The monoisotopic (exact) mass is 319 g/mol. The van der Waals surface area contributed by atoms with Gasteiger partial charge in [0.15, 0.2) is 0 Å². The molecule has 7 nitrogen and oxygen atoms in total. The molecule has 122 valence electrons. The second-order valence-electron chi connectivity index (χ2n) is 5.60. The summed E-state index contributed by atoms with van der Waals surface area (Å²) in [7, 11) is -3.17. The van der Waals surface area contributed by atoms with Crippen LogP contribution < -0.4 is 5.73 Å². The maximum atomic E-state index is 12.3. The zero-order valence-corrected chi connectivity index (χ0v) is 13.3. The average Bonchev–Trinajstić information content (AvgIpc) is 2.95. The quantitative estimate of drug-likeness (QED) is 0.729. The molecule has 2 fully saturated rings. The first-order valence-corrected chi connectivity index (χ1v) is 9.21. The van der Waals surface area contributed by atoms with Crippen LogP contribution >= 0.6 is 0 Å². The molecule has 2 aliphatic heterocycles. The third-order valence-electron chi connectivity index (χ3n) is 4.05. The number of hydrogen-bond donors (Lipinski definition) is 1. The molecule has 2 atom stereocenters. The molecule has 2 saturated heterocycles. The smallest absolute Gasteiger partial charge is 0.251 e. The Morgan fingerprint density at radius 3 is 2.43 bits per heavy atom. The van der Waals surface area contributed by atoms with E-state index in [0.29, 0.717) is 45.6 Å². The molecule has 0 aromatic carbocycles. The lowest BCUT2D eigenvalue weighted by Gasteiger charge is -2.35. The SMILES string of the molecule is CCCS(=O)(=O)N1CCN(C(=O)C2CCC(CN)O2)CC1. The topological polar surface area (TPSA) is 92.9 Å². The van der Waals surface area contributed by atoms with Crippen LogP contribution in [-0.4, -0.2) is 74.2 Å². The highest BCUT2D eigenvalue weighted by Gasteiger charge is 2.35. The molecule has 0 radical (unpaired) electrons. The normalized spacial score (nSPS) is 28.0. The summed E-state index contributed by atoms with van der Waals surface area (Å²) >= 11 is 0. The lowest BCUT2D eigenvalue weighted by molar-refractivity contribution is -0.143. The lowest BCUT2D eigenvalue weighted by Crippen LogP contribution is -2.53. The van der Waals surface area contributed by atoms with E-state index in [0.717, 1.165) is 6.42 Å². The number of sulfonamides is 1. The maximum absolute atomic E-state index is 12.3. The Kier molecular flexibility index (Phi) is 5.59. The third kappa shape index (κ3) is 3.94. The fraction of sp³-hybridized carbons (Fsp3) is 0.923. The number of nitrogens with zero attached hydrogens (tertiary/aromatic N) is 2. The minimum atomic E-state index is -3.17. The number of rotatable bonds is 5. The van der Waals surface area contributed by atoms with Gasteiger partial charge in [-0.1, -0.05) is 6.92 Å². The van der Waals surface area contributed by atoms with Gasteiger partial charge < -0.3 is 15.4 Å². The minimum absolute atomic E-state index is 0.0230. The van der Waals surface area contributed by atoms with Gasteiger partial charge in [-0.25, -0.2) is 8.42 Å². The molecule has 0 spiro atoms. The molecule has 0 aromatic rings. The van der Waals surface area contributed by atoms with Gasteiger partial charge in [0.25, 0.3) is 5.91 Å². The molecule has 1 amide bonds. The van der Waals surface area contributed by atoms with E-state index in [1.165, 1.54) is 4.31 Å². The van der Waals surface area contributed by atoms with Gasteiger partial charge in [0, 0.05) is 32.7 Å². The first kappa shape index (κ1) is 16.7. The summed E-state index contributed by atoms with van der Waals surface area (Å²) < 4.78 is 31.1. The van der Waals surface area contributed by atoms with Crippen molar-refractivity contribution >= 4 is 15.9 Å². The molecular formula is C13H25N3O4S. The number of nitrogens with two attached hydrogens (primary N) is 1. The number of carbonyl (C=O) groups is 1. The zero-order valence-electron chi connectivity index (χ0n) is 12.5. The Balaban J connectivity index is 1.85. The van der Waals surface area contributed by atoms with Crippen molar-refractivity contribution in [3.8, 4) is 0 Å². The molecule has 8 heteroatoms. The average molecular weight is 319 g/mol. The van der Waals surface area contributed by atoms with Crippen molar-refractivity contribution in [3.63, 3.8) is 0 Å². The predicted molar refractivity (Wildman–Crippen MR) is 79.2 cm³/mol. The van der Waals surface area contributed by atoms with Crippen LogP contribution in [0.25, 0.3) is 0 Å². The highest BCUT2D eigenvalue weighted by molar-refractivity contribution is 7.89. The van der Waals surface area contributed by atoms with Gasteiger partial charge in [0.2, 0.25) is 10.0 Å². The standard InChI is InChI=1S/C13H25N3O4S/c1-2-9-21(18,19)16-7-5-15(6-8-16)13(17)12-4-3-11(10-14)20-12/h11-12H,2-10,14H2,1H3. The summed E-state index contributed by atoms with van der Waals surface area (Å²) in [4.78, 5) is 14.0. The van der Waals surface area contributed by atoms with Crippen LogP contribution in [0.2, 0.25) is 0 Å². The van der Waals surface area contributed by atoms with Crippen molar-refractivity contribution in [1.29, 1.82) is 0 Å². The summed E-state index contributed by atoms with van der Waals surface area (Å²) in [5.74, 6) is 0.142.